The molecule has 1 N–H and O–H groups in total. The smallest absolute Gasteiger partial charge is 0.0445 e. The molecule has 1 aromatic heterocycles. The van der Waals surface area contributed by atoms with Crippen molar-refractivity contribution >= 4 is 5.69 Å². The maximum Gasteiger partial charge on any atom is 0.0445 e. The third-order valence-electron chi connectivity index (χ3n) is 2.77. The molecule has 90 valence electrons. The molecule has 0 aromatic carbocycles. The van der Waals surface area contributed by atoms with Crippen LogP contribution in [0.5, 0.6) is 0 Å². The number of nitrogens with one attached hydrogen (secondary N) is 1. The van der Waals surface area contributed by atoms with Gasteiger partial charge in [-0.15, -0.1) is 0 Å². The Morgan fingerprint density at radius 2 is 1.94 bits per heavy atom. The summed E-state index contributed by atoms with van der Waals surface area (Å²) < 4.78 is 0. The van der Waals surface area contributed by atoms with E-state index in [-0.39, 0.29) is 0 Å². The number of pyridine rings is 1. The second-order valence-electron chi connectivity index (χ2n) is 3.91. The number of hydrogen-bond donors (Lipinski definition) is 1. The topological polar surface area (TPSA) is 28.2 Å². The molecule has 0 aliphatic rings. The average Bonchev–Trinajstić information content (AvgIpc) is 2.30. The van der Waals surface area contributed by atoms with Crippen molar-refractivity contribution in [3.05, 3.63) is 23.5 Å². The minimum atomic E-state index is 0.898. The molecule has 0 fully saturated rings. The SMILES string of the molecule is CCNCc1cnc(C)cc1N(CC)CC. The zero-order valence-electron chi connectivity index (χ0n) is 10.9. The van der Waals surface area contributed by atoms with Gasteiger partial charge in [-0.25, -0.2) is 0 Å². The first-order valence-corrected chi connectivity index (χ1v) is 6.14. The van der Waals surface area contributed by atoms with Crippen molar-refractivity contribution in [2.45, 2.75) is 34.2 Å². The van der Waals surface area contributed by atoms with Crippen LogP contribution in [0.1, 0.15) is 32.0 Å². The zero-order valence-corrected chi connectivity index (χ0v) is 10.9. The predicted molar refractivity (Wildman–Crippen MR) is 69.9 cm³/mol. The molecule has 1 heterocycles. The van der Waals surface area contributed by atoms with E-state index >= 15 is 0 Å². The average molecular weight is 221 g/mol. The van der Waals surface area contributed by atoms with Crippen LogP contribution in [0.2, 0.25) is 0 Å². The Bertz CT molecular complexity index is 319. The lowest BCUT2D eigenvalue weighted by molar-refractivity contribution is 0.717. The Kier molecular flexibility index (Phi) is 5.26. The molecular formula is C13H23N3. The normalized spacial score (nSPS) is 10.5. The Balaban J connectivity index is 2.96. The van der Waals surface area contributed by atoms with Crippen LogP contribution in [0.4, 0.5) is 5.69 Å². The van der Waals surface area contributed by atoms with E-state index in [4.69, 9.17) is 0 Å². The maximum absolute atomic E-state index is 4.38. The Hall–Kier alpha value is -1.09. The van der Waals surface area contributed by atoms with Gasteiger partial charge in [-0.2, -0.15) is 0 Å². The summed E-state index contributed by atoms with van der Waals surface area (Å²) >= 11 is 0. The molecule has 0 aliphatic carbocycles. The summed E-state index contributed by atoms with van der Waals surface area (Å²) in [5.74, 6) is 0. The summed E-state index contributed by atoms with van der Waals surface area (Å²) in [6, 6.07) is 2.18. The van der Waals surface area contributed by atoms with Crippen molar-refractivity contribution in [3.63, 3.8) is 0 Å². The number of nitrogens with zero attached hydrogens (tertiary/aromatic N) is 2. The van der Waals surface area contributed by atoms with Gasteiger partial charge in [0.2, 0.25) is 0 Å². The quantitative estimate of drug-likeness (QED) is 0.799. The molecule has 0 spiro atoms. The van der Waals surface area contributed by atoms with Gasteiger partial charge < -0.3 is 10.2 Å². The van der Waals surface area contributed by atoms with Gasteiger partial charge in [-0.1, -0.05) is 6.92 Å². The van der Waals surface area contributed by atoms with Crippen LogP contribution in [0, 0.1) is 6.92 Å². The van der Waals surface area contributed by atoms with Gasteiger partial charge in [0.05, 0.1) is 0 Å². The van der Waals surface area contributed by atoms with Gasteiger partial charge in [0, 0.05) is 42.8 Å². The molecular weight excluding hydrogens is 198 g/mol. The van der Waals surface area contributed by atoms with E-state index in [1.807, 2.05) is 13.1 Å². The minimum Gasteiger partial charge on any atom is -0.372 e. The van der Waals surface area contributed by atoms with Gasteiger partial charge >= 0.3 is 0 Å². The Labute approximate surface area is 98.9 Å². The zero-order chi connectivity index (χ0) is 12.0. The van der Waals surface area contributed by atoms with E-state index in [2.05, 4.69) is 42.0 Å². The van der Waals surface area contributed by atoms with Gasteiger partial charge in [0.25, 0.3) is 0 Å². The fourth-order valence-corrected chi connectivity index (χ4v) is 1.83. The molecule has 0 radical (unpaired) electrons. The third-order valence-corrected chi connectivity index (χ3v) is 2.77. The fraction of sp³-hybridized carbons (Fsp3) is 0.615. The van der Waals surface area contributed by atoms with Crippen molar-refractivity contribution in [3.8, 4) is 0 Å². The Morgan fingerprint density at radius 3 is 2.50 bits per heavy atom. The number of aromatic nitrogens is 1. The Morgan fingerprint density at radius 1 is 1.25 bits per heavy atom. The fourth-order valence-electron chi connectivity index (χ4n) is 1.83. The lowest BCUT2D eigenvalue weighted by atomic mass is 10.2. The van der Waals surface area contributed by atoms with Crippen molar-refractivity contribution < 1.29 is 0 Å². The van der Waals surface area contributed by atoms with Crippen molar-refractivity contribution in [2.75, 3.05) is 24.5 Å². The van der Waals surface area contributed by atoms with E-state index in [9.17, 15) is 0 Å². The molecule has 0 aliphatic heterocycles. The van der Waals surface area contributed by atoms with E-state index < -0.39 is 0 Å². The highest BCUT2D eigenvalue weighted by molar-refractivity contribution is 5.53. The number of hydrogen-bond acceptors (Lipinski definition) is 3. The molecule has 16 heavy (non-hydrogen) atoms. The van der Waals surface area contributed by atoms with Crippen LogP contribution in [0.15, 0.2) is 12.3 Å². The molecule has 0 saturated carbocycles. The molecule has 3 nitrogen and oxygen atoms in total. The van der Waals surface area contributed by atoms with E-state index in [0.29, 0.717) is 0 Å². The molecule has 1 aromatic rings. The van der Waals surface area contributed by atoms with E-state index in [1.165, 1.54) is 11.3 Å². The molecule has 0 unspecified atom stereocenters. The highest BCUT2D eigenvalue weighted by atomic mass is 15.1. The predicted octanol–water partition coefficient (Wildman–Crippen LogP) is 2.35. The van der Waals surface area contributed by atoms with Crippen LogP contribution in [-0.2, 0) is 6.54 Å². The van der Waals surface area contributed by atoms with Crippen LogP contribution >= 0.6 is 0 Å². The largest absolute Gasteiger partial charge is 0.372 e. The molecule has 3 heteroatoms. The summed E-state index contributed by atoms with van der Waals surface area (Å²) in [7, 11) is 0. The number of anilines is 1. The van der Waals surface area contributed by atoms with Crippen LogP contribution in [-0.4, -0.2) is 24.6 Å². The second-order valence-corrected chi connectivity index (χ2v) is 3.91. The minimum absolute atomic E-state index is 0.898. The lowest BCUT2D eigenvalue weighted by Gasteiger charge is -2.24. The highest BCUT2D eigenvalue weighted by Gasteiger charge is 2.08. The van der Waals surface area contributed by atoms with Crippen LogP contribution < -0.4 is 10.2 Å². The first kappa shape index (κ1) is 13.0. The van der Waals surface area contributed by atoms with Crippen molar-refractivity contribution in [1.29, 1.82) is 0 Å². The first-order valence-electron chi connectivity index (χ1n) is 6.14. The second kappa shape index (κ2) is 6.48. The van der Waals surface area contributed by atoms with Gasteiger partial charge in [0.15, 0.2) is 0 Å². The van der Waals surface area contributed by atoms with Crippen molar-refractivity contribution in [1.82, 2.24) is 10.3 Å². The maximum atomic E-state index is 4.38. The number of rotatable bonds is 6. The lowest BCUT2D eigenvalue weighted by Crippen LogP contribution is -2.25. The van der Waals surface area contributed by atoms with Gasteiger partial charge in [-0.3, -0.25) is 4.98 Å². The van der Waals surface area contributed by atoms with Gasteiger partial charge in [0.1, 0.15) is 0 Å². The summed E-state index contributed by atoms with van der Waals surface area (Å²) in [5, 5.41) is 3.36. The standard InChI is InChI=1S/C13H23N3/c1-5-14-9-12-10-15-11(4)8-13(12)16(6-2)7-3/h8,10,14H,5-7,9H2,1-4H3. The summed E-state index contributed by atoms with van der Waals surface area (Å²) in [4.78, 5) is 6.75. The van der Waals surface area contributed by atoms with Crippen molar-refractivity contribution in [2.24, 2.45) is 0 Å². The highest BCUT2D eigenvalue weighted by Crippen LogP contribution is 2.20. The molecule has 0 atom stereocenters. The van der Waals surface area contributed by atoms with Crippen LogP contribution in [0.3, 0.4) is 0 Å². The third kappa shape index (κ3) is 3.20. The number of aryl methyl sites for hydroxylation is 1. The molecule has 0 amide bonds. The molecule has 0 saturated heterocycles. The van der Waals surface area contributed by atoms with E-state index in [1.54, 1.807) is 0 Å². The summed E-state index contributed by atoms with van der Waals surface area (Å²) in [5.41, 5.74) is 3.69. The summed E-state index contributed by atoms with van der Waals surface area (Å²) in [6.45, 7) is 12.5. The van der Waals surface area contributed by atoms with Crippen LogP contribution in [0.25, 0.3) is 0 Å². The van der Waals surface area contributed by atoms with Gasteiger partial charge in [-0.05, 0) is 33.4 Å². The van der Waals surface area contributed by atoms with E-state index in [0.717, 1.165) is 31.9 Å². The monoisotopic (exact) mass is 221 g/mol. The molecule has 0 bridgehead atoms. The first-order chi connectivity index (χ1) is 7.72. The molecule has 1 rings (SSSR count). The summed E-state index contributed by atoms with van der Waals surface area (Å²) in [6.07, 6.45) is 1.99.